The van der Waals surface area contributed by atoms with Gasteiger partial charge in [-0.3, -0.25) is 0 Å². The summed E-state index contributed by atoms with van der Waals surface area (Å²) in [6.45, 7) is 7.45. The Hall–Kier alpha value is -0.980. The molecule has 3 rings (SSSR count). The smallest absolute Gasteiger partial charge is 0.0720 e. The fraction of sp³-hybridized carbons (Fsp3) is 0.684. The lowest BCUT2D eigenvalue weighted by atomic mass is 9.84. The van der Waals surface area contributed by atoms with Crippen molar-refractivity contribution in [3.63, 3.8) is 0 Å². The van der Waals surface area contributed by atoms with Gasteiger partial charge >= 0.3 is 0 Å². The Labute approximate surface area is 143 Å². The van der Waals surface area contributed by atoms with E-state index >= 15 is 0 Å². The van der Waals surface area contributed by atoms with Gasteiger partial charge in [0.15, 0.2) is 0 Å². The van der Waals surface area contributed by atoms with Gasteiger partial charge in [-0.05, 0) is 17.5 Å². The molecule has 0 aliphatic carbocycles. The van der Waals surface area contributed by atoms with Crippen molar-refractivity contribution >= 4 is 0 Å². The average Bonchev–Trinajstić information content (AvgIpc) is 2.54. The van der Waals surface area contributed by atoms with Crippen LogP contribution in [-0.4, -0.2) is 51.4 Å². The molecule has 0 spiro atoms. The Morgan fingerprint density at radius 3 is 1.79 bits per heavy atom. The normalized spacial score (nSPS) is 21.1. The van der Waals surface area contributed by atoms with Gasteiger partial charge in [0, 0.05) is 5.41 Å². The van der Waals surface area contributed by atoms with Gasteiger partial charge in [-0.15, -0.1) is 0 Å². The summed E-state index contributed by atoms with van der Waals surface area (Å²) in [6, 6.07) is 8.20. The van der Waals surface area contributed by atoms with E-state index in [2.05, 4.69) is 19.1 Å². The molecule has 1 aromatic carbocycles. The van der Waals surface area contributed by atoms with E-state index in [0.29, 0.717) is 33.0 Å². The summed E-state index contributed by atoms with van der Waals surface area (Å²) in [5.41, 5.74) is 2.31. The molecule has 2 fully saturated rings. The van der Waals surface area contributed by atoms with Crippen LogP contribution in [0.4, 0.5) is 0 Å². The van der Waals surface area contributed by atoms with Crippen LogP contribution >= 0.6 is 0 Å². The Bertz CT molecular complexity index is 464. The largest absolute Gasteiger partial charge is 0.396 e. The summed E-state index contributed by atoms with van der Waals surface area (Å²) in [5, 5.41) is 9.44. The maximum Gasteiger partial charge on any atom is 0.0720 e. The van der Waals surface area contributed by atoms with E-state index < -0.39 is 0 Å². The molecule has 5 heteroatoms. The first-order valence-electron chi connectivity index (χ1n) is 8.70. The highest BCUT2D eigenvalue weighted by Crippen LogP contribution is 2.32. The fourth-order valence-corrected chi connectivity index (χ4v) is 2.99. The minimum Gasteiger partial charge on any atom is -0.396 e. The third kappa shape index (κ3) is 3.98. The Morgan fingerprint density at radius 1 is 0.917 bits per heavy atom. The van der Waals surface area contributed by atoms with Crippen molar-refractivity contribution in [2.24, 2.45) is 10.8 Å². The first-order chi connectivity index (χ1) is 11.7. The molecule has 24 heavy (non-hydrogen) atoms. The highest BCUT2D eigenvalue weighted by Gasteiger charge is 2.38. The van der Waals surface area contributed by atoms with Gasteiger partial charge in [0.1, 0.15) is 0 Å². The van der Waals surface area contributed by atoms with Crippen molar-refractivity contribution in [3.05, 3.63) is 35.4 Å². The van der Waals surface area contributed by atoms with Gasteiger partial charge in [-0.2, -0.15) is 0 Å². The molecule has 5 nitrogen and oxygen atoms in total. The zero-order chi connectivity index (χ0) is 16.9. The van der Waals surface area contributed by atoms with Gasteiger partial charge in [0.25, 0.3) is 0 Å². The molecular formula is C19H28O5. The number of hydrogen-bond acceptors (Lipinski definition) is 5. The van der Waals surface area contributed by atoms with Crippen LogP contribution in [0.5, 0.6) is 0 Å². The highest BCUT2D eigenvalue weighted by molar-refractivity contribution is 5.25. The van der Waals surface area contributed by atoms with Crippen LogP contribution in [0.1, 0.15) is 24.5 Å². The Kier molecular flexibility index (Phi) is 5.89. The standard InChI is InChI=1S/C19H28O5/c1-2-18(11-23-12-18)10-21-7-16-5-3-4-6-17(16)8-22-13-19(9-20)14-24-15-19/h3-6,20H,2,7-15H2,1H3. The second kappa shape index (κ2) is 7.93. The SMILES string of the molecule is CCC1(COCc2ccccc2COCC2(CO)COC2)COC1. The molecule has 2 aliphatic rings. The third-order valence-electron chi connectivity index (χ3n) is 5.17. The van der Waals surface area contributed by atoms with E-state index in [1.807, 2.05) is 12.1 Å². The van der Waals surface area contributed by atoms with E-state index in [-0.39, 0.29) is 17.4 Å². The molecule has 0 atom stereocenters. The number of hydrogen-bond donors (Lipinski definition) is 1. The monoisotopic (exact) mass is 336 g/mol. The summed E-state index contributed by atoms with van der Waals surface area (Å²) < 4.78 is 22.3. The third-order valence-corrected chi connectivity index (χ3v) is 5.17. The lowest BCUT2D eigenvalue weighted by molar-refractivity contribution is -0.170. The van der Waals surface area contributed by atoms with E-state index in [0.717, 1.165) is 37.4 Å². The first kappa shape index (κ1) is 17.8. The van der Waals surface area contributed by atoms with Gasteiger partial charge in [-0.25, -0.2) is 0 Å². The van der Waals surface area contributed by atoms with Gasteiger partial charge < -0.3 is 24.1 Å². The zero-order valence-electron chi connectivity index (χ0n) is 14.5. The summed E-state index contributed by atoms with van der Waals surface area (Å²) >= 11 is 0. The van der Waals surface area contributed by atoms with E-state index in [1.54, 1.807) is 0 Å². The second-order valence-corrected chi connectivity index (χ2v) is 7.25. The maximum absolute atomic E-state index is 9.44. The summed E-state index contributed by atoms with van der Waals surface area (Å²) in [6.07, 6.45) is 1.09. The van der Waals surface area contributed by atoms with Gasteiger partial charge in [-0.1, -0.05) is 31.2 Å². The molecule has 0 unspecified atom stereocenters. The van der Waals surface area contributed by atoms with Crippen LogP contribution in [0, 0.1) is 10.8 Å². The van der Waals surface area contributed by atoms with Crippen LogP contribution in [0.15, 0.2) is 24.3 Å². The number of benzene rings is 1. The molecular weight excluding hydrogens is 308 g/mol. The fourth-order valence-electron chi connectivity index (χ4n) is 2.99. The minimum absolute atomic E-state index is 0.110. The molecule has 0 saturated carbocycles. The van der Waals surface area contributed by atoms with Crippen LogP contribution in [0.25, 0.3) is 0 Å². The first-order valence-corrected chi connectivity index (χ1v) is 8.70. The van der Waals surface area contributed by atoms with Gasteiger partial charge in [0.05, 0.1) is 64.9 Å². The number of rotatable bonds is 10. The Balaban J connectivity index is 1.47. The van der Waals surface area contributed by atoms with Crippen LogP contribution in [0.2, 0.25) is 0 Å². The van der Waals surface area contributed by atoms with Crippen molar-refractivity contribution in [2.75, 3.05) is 46.2 Å². The van der Waals surface area contributed by atoms with Crippen molar-refractivity contribution < 1.29 is 24.1 Å². The molecule has 2 aliphatic heterocycles. The van der Waals surface area contributed by atoms with Crippen molar-refractivity contribution in [3.8, 4) is 0 Å². The van der Waals surface area contributed by atoms with E-state index in [9.17, 15) is 5.11 Å². The topological polar surface area (TPSA) is 57.2 Å². The predicted molar refractivity (Wildman–Crippen MR) is 89.6 cm³/mol. The molecule has 1 aromatic rings. The predicted octanol–water partition coefficient (Wildman–Crippen LogP) is 2.16. The van der Waals surface area contributed by atoms with Gasteiger partial charge in [0.2, 0.25) is 0 Å². The van der Waals surface area contributed by atoms with Crippen LogP contribution < -0.4 is 0 Å². The average molecular weight is 336 g/mol. The summed E-state index contributed by atoms with van der Waals surface area (Å²) in [5.74, 6) is 0. The molecule has 2 saturated heterocycles. The lowest BCUT2D eigenvalue weighted by Crippen LogP contribution is -2.49. The van der Waals surface area contributed by atoms with E-state index in [1.165, 1.54) is 0 Å². The second-order valence-electron chi connectivity index (χ2n) is 7.25. The van der Waals surface area contributed by atoms with Crippen molar-refractivity contribution in [1.29, 1.82) is 0 Å². The molecule has 2 heterocycles. The molecule has 0 amide bonds. The molecule has 0 aromatic heterocycles. The highest BCUT2D eigenvalue weighted by atomic mass is 16.5. The molecule has 1 N–H and O–H groups in total. The Morgan fingerprint density at radius 2 is 1.42 bits per heavy atom. The van der Waals surface area contributed by atoms with Crippen LogP contribution in [0.3, 0.4) is 0 Å². The maximum atomic E-state index is 9.44. The number of ether oxygens (including phenoxy) is 4. The molecule has 0 bridgehead atoms. The molecule has 134 valence electrons. The summed E-state index contributed by atoms with van der Waals surface area (Å²) in [4.78, 5) is 0. The lowest BCUT2D eigenvalue weighted by Gasteiger charge is -2.40. The minimum atomic E-state index is -0.205. The molecule has 0 radical (unpaired) electrons. The van der Waals surface area contributed by atoms with Crippen LogP contribution in [-0.2, 0) is 32.2 Å². The van der Waals surface area contributed by atoms with E-state index in [4.69, 9.17) is 18.9 Å². The van der Waals surface area contributed by atoms with Crippen molar-refractivity contribution in [1.82, 2.24) is 0 Å². The zero-order valence-corrected chi connectivity index (χ0v) is 14.5. The summed E-state index contributed by atoms with van der Waals surface area (Å²) in [7, 11) is 0. The quantitative estimate of drug-likeness (QED) is 0.709. The number of aliphatic hydroxyl groups excluding tert-OH is 1. The number of aliphatic hydroxyl groups is 1. The van der Waals surface area contributed by atoms with Crippen molar-refractivity contribution in [2.45, 2.75) is 26.6 Å².